The monoisotopic (exact) mass is 283 g/mol. The van der Waals surface area contributed by atoms with Gasteiger partial charge in [0.1, 0.15) is 5.54 Å². The highest BCUT2D eigenvalue weighted by Crippen LogP contribution is 2.21. The summed E-state index contributed by atoms with van der Waals surface area (Å²) in [5.74, 6) is -0.393. The maximum atomic E-state index is 11.6. The second kappa shape index (κ2) is 9.01. The van der Waals surface area contributed by atoms with Gasteiger partial charge in [0, 0.05) is 0 Å². The molecule has 0 atom stereocenters. The highest BCUT2D eigenvalue weighted by Gasteiger charge is 2.35. The van der Waals surface area contributed by atoms with Gasteiger partial charge in [0.25, 0.3) is 0 Å². The maximum Gasteiger partial charge on any atom is 0.328 e. The molecule has 3 nitrogen and oxygen atoms in total. The standard InChI is InChI=1S/C12H23Cl2NO2/c1-4-5-6-7-8-9-10-17-11(16)12(2,3)15(13)14/h4-10H2,1-3H3. The van der Waals surface area contributed by atoms with Crippen molar-refractivity contribution in [2.45, 2.75) is 64.8 Å². The molecule has 0 fully saturated rings. The van der Waals surface area contributed by atoms with Gasteiger partial charge in [-0.15, -0.1) is 3.94 Å². The summed E-state index contributed by atoms with van der Waals surface area (Å²) in [7, 11) is 0. The molecular formula is C12H23Cl2NO2. The van der Waals surface area contributed by atoms with Gasteiger partial charge in [-0.25, -0.2) is 4.79 Å². The Morgan fingerprint density at radius 3 is 2.18 bits per heavy atom. The molecule has 0 saturated carbocycles. The van der Waals surface area contributed by atoms with Crippen LogP contribution in [0.15, 0.2) is 0 Å². The van der Waals surface area contributed by atoms with Crippen LogP contribution >= 0.6 is 23.6 Å². The predicted molar refractivity (Wildman–Crippen MR) is 72.0 cm³/mol. The van der Waals surface area contributed by atoms with Gasteiger partial charge in [-0.2, -0.15) is 0 Å². The summed E-state index contributed by atoms with van der Waals surface area (Å²) in [6.45, 7) is 5.87. The van der Waals surface area contributed by atoms with Crippen molar-refractivity contribution in [1.82, 2.24) is 3.94 Å². The minimum Gasteiger partial charge on any atom is -0.464 e. The van der Waals surface area contributed by atoms with Crippen LogP contribution in [0.5, 0.6) is 0 Å². The molecule has 5 heteroatoms. The molecule has 102 valence electrons. The summed E-state index contributed by atoms with van der Waals surface area (Å²) >= 11 is 11.1. The number of rotatable bonds is 9. The van der Waals surface area contributed by atoms with E-state index in [1.54, 1.807) is 13.8 Å². The summed E-state index contributed by atoms with van der Waals surface area (Å²) < 4.78 is 5.96. The Balaban J connectivity index is 3.58. The van der Waals surface area contributed by atoms with Crippen molar-refractivity contribution in [2.75, 3.05) is 6.61 Å². The lowest BCUT2D eigenvalue weighted by Gasteiger charge is -2.24. The van der Waals surface area contributed by atoms with Gasteiger partial charge in [-0.1, -0.05) is 39.0 Å². The van der Waals surface area contributed by atoms with Gasteiger partial charge < -0.3 is 4.74 Å². The van der Waals surface area contributed by atoms with Gasteiger partial charge in [0.05, 0.1) is 6.61 Å². The van der Waals surface area contributed by atoms with Gasteiger partial charge in [-0.3, -0.25) is 0 Å². The third-order valence-electron chi connectivity index (χ3n) is 2.65. The molecule has 0 aromatic heterocycles. The van der Waals surface area contributed by atoms with E-state index in [2.05, 4.69) is 6.92 Å². The lowest BCUT2D eigenvalue weighted by atomic mass is 10.1. The van der Waals surface area contributed by atoms with E-state index < -0.39 is 11.5 Å². The van der Waals surface area contributed by atoms with E-state index in [0.29, 0.717) is 6.61 Å². The normalized spacial score (nSPS) is 11.9. The van der Waals surface area contributed by atoms with E-state index in [1.165, 1.54) is 25.7 Å². The first kappa shape index (κ1) is 17.0. The van der Waals surface area contributed by atoms with E-state index in [0.717, 1.165) is 16.8 Å². The second-order valence-electron chi connectivity index (χ2n) is 4.70. The molecule has 0 aliphatic rings. The molecule has 0 N–H and O–H groups in total. The Bertz CT molecular complexity index is 221. The van der Waals surface area contributed by atoms with E-state index in [1.807, 2.05) is 0 Å². The van der Waals surface area contributed by atoms with Crippen LogP contribution in [0.2, 0.25) is 0 Å². The largest absolute Gasteiger partial charge is 0.464 e. The Labute approximate surface area is 115 Å². The smallest absolute Gasteiger partial charge is 0.328 e. The predicted octanol–water partition coefficient (Wildman–Crippen LogP) is 4.28. The van der Waals surface area contributed by atoms with Crippen LogP contribution in [0, 0.1) is 0 Å². The summed E-state index contributed by atoms with van der Waals surface area (Å²) in [5.41, 5.74) is -0.995. The van der Waals surface area contributed by atoms with Crippen LogP contribution in [0.1, 0.15) is 59.3 Å². The van der Waals surface area contributed by atoms with E-state index >= 15 is 0 Å². The summed E-state index contributed by atoms with van der Waals surface area (Å²) in [6.07, 6.45) is 6.97. The van der Waals surface area contributed by atoms with Crippen LogP contribution in [-0.4, -0.2) is 22.1 Å². The lowest BCUT2D eigenvalue weighted by molar-refractivity contribution is -0.151. The van der Waals surface area contributed by atoms with Gasteiger partial charge in [0.15, 0.2) is 0 Å². The first-order valence-electron chi connectivity index (χ1n) is 6.22. The molecule has 0 aliphatic heterocycles. The number of unbranched alkanes of at least 4 members (excludes halogenated alkanes) is 5. The summed E-state index contributed by atoms with van der Waals surface area (Å²) in [6, 6.07) is 0. The topological polar surface area (TPSA) is 29.5 Å². The molecule has 0 radical (unpaired) electrons. The fraction of sp³-hybridized carbons (Fsp3) is 0.917. The number of nitrogens with zero attached hydrogens (tertiary/aromatic N) is 1. The SMILES string of the molecule is CCCCCCCCOC(=O)C(C)(C)N(Cl)Cl. The molecule has 0 unspecified atom stereocenters. The maximum absolute atomic E-state index is 11.6. The van der Waals surface area contributed by atoms with Crippen LogP contribution in [-0.2, 0) is 9.53 Å². The van der Waals surface area contributed by atoms with Gasteiger partial charge >= 0.3 is 5.97 Å². The number of ether oxygens (including phenoxy) is 1. The Kier molecular flexibility index (Phi) is 9.01. The second-order valence-corrected chi connectivity index (χ2v) is 5.54. The number of hydrogen-bond donors (Lipinski definition) is 0. The van der Waals surface area contributed by atoms with Crippen LogP contribution in [0.4, 0.5) is 0 Å². The molecule has 0 bridgehead atoms. The Morgan fingerprint density at radius 1 is 1.12 bits per heavy atom. The number of carbonyl (C=O) groups excluding carboxylic acids is 1. The molecule has 0 rings (SSSR count). The fourth-order valence-electron chi connectivity index (χ4n) is 1.29. The third kappa shape index (κ3) is 7.12. The molecule has 17 heavy (non-hydrogen) atoms. The summed E-state index contributed by atoms with van der Waals surface area (Å²) in [4.78, 5) is 11.6. The van der Waals surface area contributed by atoms with Crippen molar-refractivity contribution in [1.29, 1.82) is 0 Å². The first-order valence-corrected chi connectivity index (χ1v) is 6.89. The molecule has 0 aliphatic carbocycles. The fourth-order valence-corrected chi connectivity index (χ4v) is 1.43. The molecule has 0 saturated heterocycles. The zero-order valence-corrected chi connectivity index (χ0v) is 12.5. The van der Waals surface area contributed by atoms with E-state index in [4.69, 9.17) is 28.3 Å². The van der Waals surface area contributed by atoms with Crippen molar-refractivity contribution in [2.24, 2.45) is 0 Å². The highest BCUT2D eigenvalue weighted by atomic mass is 35.5. The minimum atomic E-state index is -0.995. The Hall–Kier alpha value is 0.01000. The van der Waals surface area contributed by atoms with Crippen LogP contribution in [0.25, 0.3) is 0 Å². The van der Waals surface area contributed by atoms with Crippen LogP contribution < -0.4 is 0 Å². The summed E-state index contributed by atoms with van der Waals surface area (Å²) in [5, 5.41) is 0. The number of carbonyl (C=O) groups is 1. The van der Waals surface area contributed by atoms with E-state index in [9.17, 15) is 4.79 Å². The van der Waals surface area contributed by atoms with Crippen molar-refractivity contribution < 1.29 is 9.53 Å². The average Bonchev–Trinajstić information content (AvgIpc) is 2.27. The zero-order chi connectivity index (χ0) is 13.3. The van der Waals surface area contributed by atoms with E-state index in [-0.39, 0.29) is 0 Å². The highest BCUT2D eigenvalue weighted by molar-refractivity contribution is 6.35. The molecule has 0 amide bonds. The first-order chi connectivity index (χ1) is 7.92. The minimum absolute atomic E-state index is 0.393. The van der Waals surface area contributed by atoms with Crippen molar-refractivity contribution in [3.05, 3.63) is 0 Å². The molecule has 0 aromatic rings. The Morgan fingerprint density at radius 2 is 1.65 bits per heavy atom. The van der Waals surface area contributed by atoms with Crippen molar-refractivity contribution in [3.63, 3.8) is 0 Å². The van der Waals surface area contributed by atoms with Crippen molar-refractivity contribution in [3.8, 4) is 0 Å². The molecule has 0 spiro atoms. The molecule has 0 heterocycles. The number of hydrogen-bond acceptors (Lipinski definition) is 3. The average molecular weight is 284 g/mol. The molecular weight excluding hydrogens is 261 g/mol. The quantitative estimate of drug-likeness (QED) is 0.359. The number of esters is 1. The number of halogens is 2. The third-order valence-corrected chi connectivity index (χ3v) is 3.50. The van der Waals surface area contributed by atoms with Gasteiger partial charge in [0.2, 0.25) is 0 Å². The molecule has 0 aromatic carbocycles. The van der Waals surface area contributed by atoms with Crippen molar-refractivity contribution >= 4 is 29.5 Å². The van der Waals surface area contributed by atoms with Gasteiger partial charge in [-0.05, 0) is 43.8 Å². The lowest BCUT2D eigenvalue weighted by Crippen LogP contribution is -2.41. The van der Waals surface area contributed by atoms with Crippen LogP contribution in [0.3, 0.4) is 0 Å². The zero-order valence-electron chi connectivity index (χ0n) is 11.0.